The number of sulfonamides is 2. The monoisotopic (exact) mass is 430 g/mol. The van der Waals surface area contributed by atoms with E-state index in [4.69, 9.17) is 0 Å². The van der Waals surface area contributed by atoms with Crippen molar-refractivity contribution in [3.63, 3.8) is 0 Å². The summed E-state index contributed by atoms with van der Waals surface area (Å²) in [4.78, 5) is 11.8. The van der Waals surface area contributed by atoms with Gasteiger partial charge in [-0.25, -0.2) is 8.61 Å². The van der Waals surface area contributed by atoms with Crippen LogP contribution in [0.15, 0.2) is 24.0 Å². The first kappa shape index (κ1) is 20.3. The summed E-state index contributed by atoms with van der Waals surface area (Å²) < 4.78 is 126. The number of esters is 1. The van der Waals surface area contributed by atoms with Crippen LogP contribution in [0.25, 0.3) is 0 Å². The highest BCUT2D eigenvalue weighted by atomic mass is 32.2. The van der Waals surface area contributed by atoms with Crippen molar-refractivity contribution in [1.29, 1.82) is 0 Å². The Morgan fingerprint density at radius 2 is 1.27 bits per heavy atom. The van der Waals surface area contributed by atoms with Crippen LogP contribution in [0.5, 0.6) is 0 Å². The number of nitrogens with zero attached hydrogens (tertiary/aromatic N) is 2. The molecule has 0 aliphatic carbocycles. The topological polar surface area (TPSA) is 101 Å². The van der Waals surface area contributed by atoms with E-state index in [1.54, 1.807) is 0 Å². The maximum absolute atomic E-state index is 12.8. The van der Waals surface area contributed by atoms with Crippen LogP contribution in [-0.4, -0.2) is 42.4 Å². The zero-order valence-corrected chi connectivity index (χ0v) is 14.2. The third kappa shape index (κ3) is 2.62. The molecule has 0 unspecified atom stereocenters. The number of ether oxygens (including phenoxy) is 1. The lowest BCUT2D eigenvalue weighted by Crippen LogP contribution is -2.45. The number of halogens is 6. The van der Waals surface area contributed by atoms with Crippen molar-refractivity contribution in [2.75, 3.05) is 0 Å². The number of hydrogen-bond acceptors (Lipinski definition) is 6. The fraction of sp³-hybridized carbons (Fsp3) is 0.500. The summed E-state index contributed by atoms with van der Waals surface area (Å²) in [7, 11) is -12.4. The Bertz CT molecular complexity index is 928. The highest BCUT2D eigenvalue weighted by Gasteiger charge is 2.61. The summed E-state index contributed by atoms with van der Waals surface area (Å²) in [6.07, 6.45) is -0.172. The molecule has 0 aromatic heterocycles. The highest BCUT2D eigenvalue weighted by molar-refractivity contribution is 7.90. The second-order valence-corrected chi connectivity index (χ2v) is 9.07. The van der Waals surface area contributed by atoms with Crippen LogP contribution in [0.4, 0.5) is 26.3 Å². The predicted octanol–water partition coefficient (Wildman–Crippen LogP) is 1.53. The number of alkyl halides is 6. The van der Waals surface area contributed by atoms with Gasteiger partial charge < -0.3 is 4.74 Å². The molecule has 2 aliphatic rings. The molecule has 0 aromatic rings. The Balaban J connectivity index is 2.77. The molecular weight excluding hydrogens is 422 g/mol. The molecule has 2 rings (SSSR count). The maximum atomic E-state index is 12.8. The van der Waals surface area contributed by atoms with Crippen molar-refractivity contribution in [3.05, 3.63) is 24.0 Å². The Morgan fingerprint density at radius 3 is 1.69 bits per heavy atom. The molecule has 0 aromatic carbocycles. The number of rotatable bonds is 2. The molecule has 16 heteroatoms. The zero-order chi connectivity index (χ0) is 20.5. The Hall–Kier alpha value is -1.97. The van der Waals surface area contributed by atoms with Crippen molar-refractivity contribution < 1.29 is 52.7 Å². The van der Waals surface area contributed by atoms with E-state index in [0.29, 0.717) is 0 Å². The maximum Gasteiger partial charge on any atom is 0.517 e. The van der Waals surface area contributed by atoms with Crippen LogP contribution in [0.1, 0.15) is 13.8 Å². The molecule has 0 N–H and O–H groups in total. The standard InChI is InChI=1S/C10H8F6N2O6S2/c1-8(2)5-6(24-7(8)19)18(26(22,23)10(14,15)16)4-3-17(5)25(20,21)9(11,12)13/h3-4H,1-2H3. The van der Waals surface area contributed by atoms with Crippen LogP contribution >= 0.6 is 0 Å². The second kappa shape index (κ2) is 5.28. The third-order valence-electron chi connectivity index (χ3n) is 3.36. The molecule has 0 radical (unpaired) electrons. The van der Waals surface area contributed by atoms with Crippen LogP contribution in [-0.2, 0) is 29.6 Å². The molecule has 0 fully saturated rings. The van der Waals surface area contributed by atoms with Gasteiger partial charge in [-0.15, -0.1) is 0 Å². The Kier molecular flexibility index (Phi) is 4.13. The largest absolute Gasteiger partial charge is 0.517 e. The summed E-state index contributed by atoms with van der Waals surface area (Å²) in [5.41, 5.74) is -15.2. The van der Waals surface area contributed by atoms with E-state index in [1.807, 2.05) is 0 Å². The van der Waals surface area contributed by atoms with E-state index >= 15 is 0 Å². The van der Waals surface area contributed by atoms with Crippen molar-refractivity contribution >= 4 is 26.0 Å². The van der Waals surface area contributed by atoms with Gasteiger partial charge in [0.15, 0.2) is 0 Å². The minimum Gasteiger partial charge on any atom is -0.406 e. The lowest BCUT2D eigenvalue weighted by atomic mass is 9.91. The van der Waals surface area contributed by atoms with Crippen molar-refractivity contribution in [2.45, 2.75) is 24.9 Å². The minimum atomic E-state index is -6.22. The Labute approximate surface area is 142 Å². The second-order valence-electron chi connectivity index (χ2n) is 5.46. The lowest BCUT2D eigenvalue weighted by Gasteiger charge is -2.33. The summed E-state index contributed by atoms with van der Waals surface area (Å²) in [6, 6.07) is 0. The molecule has 0 bridgehead atoms. The van der Waals surface area contributed by atoms with Gasteiger partial charge in [-0.3, -0.25) is 4.79 Å². The molecule has 0 saturated carbocycles. The minimum absolute atomic E-state index is 0.0609. The van der Waals surface area contributed by atoms with Crippen LogP contribution < -0.4 is 0 Å². The molecular formula is C10H8F6N2O6S2. The average molecular weight is 430 g/mol. The average Bonchev–Trinajstić information content (AvgIpc) is 2.66. The molecule has 26 heavy (non-hydrogen) atoms. The molecule has 0 amide bonds. The molecule has 0 saturated heterocycles. The van der Waals surface area contributed by atoms with E-state index in [-0.39, 0.29) is 12.4 Å². The Morgan fingerprint density at radius 1 is 0.885 bits per heavy atom. The van der Waals surface area contributed by atoms with Gasteiger partial charge in [-0.1, -0.05) is 0 Å². The summed E-state index contributed by atoms with van der Waals surface area (Å²) >= 11 is 0. The third-order valence-corrected chi connectivity index (χ3v) is 6.15. The number of carbonyl (C=O) groups excluding carboxylic acids is 1. The quantitative estimate of drug-likeness (QED) is 0.487. The van der Waals surface area contributed by atoms with Gasteiger partial charge in [-0.2, -0.15) is 43.2 Å². The van der Waals surface area contributed by atoms with E-state index in [0.717, 1.165) is 13.8 Å². The summed E-state index contributed by atoms with van der Waals surface area (Å²) in [5, 5.41) is 0. The predicted molar refractivity (Wildman–Crippen MR) is 69.7 cm³/mol. The van der Waals surface area contributed by atoms with Crippen LogP contribution in [0, 0.1) is 5.41 Å². The number of carbonyl (C=O) groups is 1. The van der Waals surface area contributed by atoms with Crippen molar-refractivity contribution in [2.24, 2.45) is 5.41 Å². The van der Waals surface area contributed by atoms with E-state index in [2.05, 4.69) is 4.74 Å². The summed E-state index contributed by atoms with van der Waals surface area (Å²) in [6.45, 7) is 1.71. The SMILES string of the molecule is CC1(C)C(=O)OC2=C1N(S(=O)(=O)C(F)(F)F)C=CN2S(=O)(=O)C(F)(F)F. The van der Waals surface area contributed by atoms with Crippen molar-refractivity contribution in [1.82, 2.24) is 8.61 Å². The van der Waals surface area contributed by atoms with Crippen molar-refractivity contribution in [3.8, 4) is 0 Å². The molecule has 0 atom stereocenters. The first-order valence-electron chi connectivity index (χ1n) is 6.23. The number of hydrogen-bond donors (Lipinski definition) is 0. The van der Waals surface area contributed by atoms with Crippen LogP contribution in [0.2, 0.25) is 0 Å². The van der Waals surface area contributed by atoms with Crippen LogP contribution in [0.3, 0.4) is 0 Å². The van der Waals surface area contributed by atoms with Gasteiger partial charge in [0, 0.05) is 12.4 Å². The van der Waals surface area contributed by atoms with Gasteiger partial charge >= 0.3 is 37.0 Å². The normalized spacial score (nSPS) is 21.2. The zero-order valence-electron chi connectivity index (χ0n) is 12.6. The highest BCUT2D eigenvalue weighted by Crippen LogP contribution is 2.48. The molecule has 2 heterocycles. The lowest BCUT2D eigenvalue weighted by molar-refractivity contribution is -0.145. The smallest absolute Gasteiger partial charge is 0.406 e. The molecule has 8 nitrogen and oxygen atoms in total. The first-order chi connectivity index (χ1) is 11.4. The van der Waals surface area contributed by atoms with Gasteiger partial charge in [0.25, 0.3) is 0 Å². The van der Waals surface area contributed by atoms with E-state index < -0.39 is 62.6 Å². The molecule has 148 valence electrons. The fourth-order valence-corrected chi connectivity index (χ4v) is 3.79. The van der Waals surface area contributed by atoms with Gasteiger partial charge in [0.1, 0.15) is 11.1 Å². The summed E-state index contributed by atoms with van der Waals surface area (Å²) in [5.74, 6) is -2.96. The molecule has 2 aliphatic heterocycles. The van der Waals surface area contributed by atoms with E-state index in [9.17, 15) is 48.0 Å². The fourth-order valence-electron chi connectivity index (χ4n) is 2.02. The van der Waals surface area contributed by atoms with Gasteiger partial charge in [0.05, 0.1) is 0 Å². The molecule has 0 spiro atoms. The first-order valence-corrected chi connectivity index (χ1v) is 9.11. The van der Waals surface area contributed by atoms with Gasteiger partial charge in [-0.05, 0) is 13.8 Å². The van der Waals surface area contributed by atoms with E-state index in [1.165, 1.54) is 0 Å². The van der Waals surface area contributed by atoms with Gasteiger partial charge in [0.2, 0.25) is 5.88 Å².